The largest absolute Gasteiger partial charge is 0.495 e. The molecule has 0 bridgehead atoms. The van der Waals surface area contributed by atoms with Gasteiger partial charge in [-0.3, -0.25) is 9.78 Å². The highest BCUT2D eigenvalue weighted by Gasteiger charge is 2.52. The van der Waals surface area contributed by atoms with Crippen molar-refractivity contribution in [2.24, 2.45) is 0 Å². The fourth-order valence-electron chi connectivity index (χ4n) is 12.8. The quantitative estimate of drug-likeness (QED) is 0.0628. The molecule has 0 spiro atoms. The molecule has 2 heterocycles. The molecule has 75 heavy (non-hydrogen) atoms. The van der Waals surface area contributed by atoms with Gasteiger partial charge in [0.1, 0.15) is 0 Å². The Morgan fingerprint density at radius 2 is 1.01 bits per heavy atom. The first-order valence-corrected chi connectivity index (χ1v) is 28.9. The van der Waals surface area contributed by atoms with E-state index in [9.17, 15) is 15.0 Å². The van der Waals surface area contributed by atoms with Crippen LogP contribution >= 0.6 is 0 Å². The molecule has 1 saturated heterocycles. The van der Waals surface area contributed by atoms with Crippen molar-refractivity contribution in [3.05, 3.63) is 152 Å². The van der Waals surface area contributed by atoms with Crippen molar-refractivity contribution in [2.75, 3.05) is 6.61 Å². The number of carbonyl (C=O) groups excluding carboxylic acids is 1. The standard InChI is InChI=1S/C35H45NO3.C32H47BO3/c1-6-35(7-2,29-13-12-28(25(4)21-29)17-20-34(38)18-9-10-19-34)30-14-15-31(26(5)22-30)32-16-11-27(24-36-32)23-33(37)39-8-3;1-9-32(10-2,26-14-13-25(23(3)21-26)17-20-31(34)18-11-12-19-31)27-15-16-28(24(4)22-27)33-35-29(5,6)30(7,8)36-33/h11-16,21-22,24,38H,6-10,17-20,23H2,1-5H3;13-16,21-22,34H,9-12,17-20H2,1-8H3. The first-order valence-electron chi connectivity index (χ1n) is 28.9. The molecule has 0 amide bonds. The van der Waals surface area contributed by atoms with Gasteiger partial charge in [-0.2, -0.15) is 0 Å². The molecule has 0 radical (unpaired) electrons. The van der Waals surface area contributed by atoms with Crippen molar-refractivity contribution >= 4 is 18.6 Å². The molecule has 8 rings (SSSR count). The number of aliphatic hydroxyl groups is 2. The number of pyridine rings is 1. The Morgan fingerprint density at radius 1 is 0.587 bits per heavy atom. The number of carbonyl (C=O) groups is 1. The molecule has 2 saturated carbocycles. The summed E-state index contributed by atoms with van der Waals surface area (Å²) in [5.74, 6) is -0.225. The van der Waals surface area contributed by atoms with Gasteiger partial charge in [0.2, 0.25) is 0 Å². The molecule has 0 unspecified atom stereocenters. The van der Waals surface area contributed by atoms with Gasteiger partial charge in [-0.05, 0) is 207 Å². The zero-order valence-corrected chi connectivity index (χ0v) is 48.4. The van der Waals surface area contributed by atoms with E-state index in [0.717, 1.165) is 125 Å². The Bertz CT molecular complexity index is 2700. The molecule has 5 aromatic rings. The molecule has 2 aliphatic carbocycles. The molecule has 404 valence electrons. The summed E-state index contributed by atoms with van der Waals surface area (Å²) in [7, 11) is -0.335. The molecule has 2 N–H and O–H groups in total. The SMILES string of the molecule is CCC(CC)(c1ccc(CCC2(O)CCCC2)c(C)c1)c1ccc(B2OC(C)(C)C(C)(C)O2)c(C)c1.CCOC(=O)Cc1ccc(-c2ccc(C(CC)(CC)c3ccc(CCC4(O)CCCC4)c(C)c3)cc2C)nc1. The van der Waals surface area contributed by atoms with Crippen LogP contribution in [0.2, 0.25) is 0 Å². The number of rotatable bonds is 19. The number of hydrogen-bond donors (Lipinski definition) is 2. The first kappa shape index (κ1) is 58.1. The van der Waals surface area contributed by atoms with E-state index < -0.39 is 11.2 Å². The smallest absolute Gasteiger partial charge is 0.466 e. The highest BCUT2D eigenvalue weighted by atomic mass is 16.7. The summed E-state index contributed by atoms with van der Waals surface area (Å²) in [6.45, 7) is 28.6. The van der Waals surface area contributed by atoms with Crippen molar-refractivity contribution in [2.45, 2.75) is 232 Å². The Morgan fingerprint density at radius 3 is 1.40 bits per heavy atom. The number of nitrogens with zero attached hydrogens (tertiary/aromatic N) is 1. The van der Waals surface area contributed by atoms with Crippen molar-refractivity contribution in [1.29, 1.82) is 0 Å². The third-order valence-electron chi connectivity index (χ3n) is 18.9. The normalized spacial score (nSPS) is 17.7. The van der Waals surface area contributed by atoms with E-state index >= 15 is 0 Å². The summed E-state index contributed by atoms with van der Waals surface area (Å²) < 4.78 is 17.8. The zero-order chi connectivity index (χ0) is 54.4. The summed E-state index contributed by atoms with van der Waals surface area (Å²) in [5.41, 5.74) is 15.5. The van der Waals surface area contributed by atoms with Gasteiger partial charge in [0, 0.05) is 22.6 Å². The van der Waals surface area contributed by atoms with E-state index in [1.54, 1.807) is 6.20 Å². The lowest BCUT2D eigenvalue weighted by atomic mass is 9.67. The molecular formula is C67H92BNO6. The van der Waals surface area contributed by atoms with Crippen LogP contribution in [-0.4, -0.2) is 57.3 Å². The minimum absolute atomic E-state index is 0.0355. The Hall–Kier alpha value is -4.60. The average molecular weight is 1020 g/mol. The fraction of sp³-hybridized carbons (Fsp3) is 0.552. The van der Waals surface area contributed by atoms with E-state index in [2.05, 4.69) is 161 Å². The number of aryl methyl sites for hydroxylation is 6. The number of benzene rings is 4. The molecule has 3 aliphatic rings. The minimum Gasteiger partial charge on any atom is -0.466 e. The van der Waals surface area contributed by atoms with Gasteiger partial charge in [-0.1, -0.05) is 138 Å². The number of hydrogen-bond acceptors (Lipinski definition) is 7. The molecule has 3 fully saturated rings. The van der Waals surface area contributed by atoms with Crippen LogP contribution in [0.3, 0.4) is 0 Å². The van der Waals surface area contributed by atoms with Gasteiger partial charge >= 0.3 is 13.1 Å². The molecule has 1 aromatic heterocycles. The van der Waals surface area contributed by atoms with Gasteiger partial charge in [-0.15, -0.1) is 0 Å². The van der Waals surface area contributed by atoms with Crippen LogP contribution in [-0.2, 0) is 48.9 Å². The van der Waals surface area contributed by atoms with Crippen molar-refractivity contribution in [1.82, 2.24) is 4.98 Å². The second kappa shape index (κ2) is 24.0. The Kier molecular flexibility index (Phi) is 18.6. The van der Waals surface area contributed by atoms with E-state index in [-0.39, 0.29) is 41.5 Å². The van der Waals surface area contributed by atoms with Crippen LogP contribution in [0.1, 0.15) is 213 Å². The first-order chi connectivity index (χ1) is 35.6. The summed E-state index contributed by atoms with van der Waals surface area (Å²) in [5, 5.41) is 21.6. The molecule has 4 aromatic carbocycles. The monoisotopic (exact) mass is 1020 g/mol. The summed E-state index contributed by atoms with van der Waals surface area (Å²) >= 11 is 0. The zero-order valence-electron chi connectivity index (χ0n) is 48.4. The highest BCUT2D eigenvalue weighted by molar-refractivity contribution is 6.62. The molecule has 7 nitrogen and oxygen atoms in total. The summed E-state index contributed by atoms with van der Waals surface area (Å²) in [4.78, 5) is 16.5. The topological polar surface area (TPSA) is 98.1 Å². The van der Waals surface area contributed by atoms with Gasteiger partial charge in [-0.25, -0.2) is 0 Å². The Labute approximate surface area is 453 Å². The summed E-state index contributed by atoms with van der Waals surface area (Å²) in [6, 6.07) is 31.7. The minimum atomic E-state index is -0.461. The van der Waals surface area contributed by atoms with Crippen molar-refractivity contribution < 1.29 is 29.1 Å². The Balaban J connectivity index is 0.000000219. The van der Waals surface area contributed by atoms with Crippen LogP contribution in [0, 0.1) is 27.7 Å². The predicted octanol–water partition coefficient (Wildman–Crippen LogP) is 14.8. The van der Waals surface area contributed by atoms with Gasteiger partial charge in [0.25, 0.3) is 0 Å². The van der Waals surface area contributed by atoms with E-state index in [1.165, 1.54) is 55.6 Å². The maximum absolute atomic E-state index is 11.8. The third-order valence-corrected chi connectivity index (χ3v) is 18.9. The molecule has 1 aliphatic heterocycles. The van der Waals surface area contributed by atoms with E-state index in [0.29, 0.717) is 6.61 Å². The second-order valence-electron chi connectivity index (χ2n) is 23.9. The maximum atomic E-state index is 11.8. The molecular weight excluding hydrogens is 926 g/mol. The highest BCUT2D eigenvalue weighted by Crippen LogP contribution is 2.44. The predicted molar refractivity (Wildman–Crippen MR) is 310 cm³/mol. The van der Waals surface area contributed by atoms with Crippen LogP contribution in [0.25, 0.3) is 11.3 Å². The van der Waals surface area contributed by atoms with E-state index in [4.69, 9.17) is 14.0 Å². The van der Waals surface area contributed by atoms with Gasteiger partial charge < -0.3 is 24.3 Å². The van der Waals surface area contributed by atoms with Crippen molar-refractivity contribution in [3.8, 4) is 11.3 Å². The lowest BCUT2D eigenvalue weighted by molar-refractivity contribution is -0.142. The van der Waals surface area contributed by atoms with Crippen molar-refractivity contribution in [3.63, 3.8) is 0 Å². The second-order valence-corrected chi connectivity index (χ2v) is 23.9. The number of ether oxygens (including phenoxy) is 1. The van der Waals surface area contributed by atoms with Crippen LogP contribution in [0.5, 0.6) is 0 Å². The van der Waals surface area contributed by atoms with Crippen LogP contribution in [0.4, 0.5) is 0 Å². The van der Waals surface area contributed by atoms with Crippen LogP contribution < -0.4 is 5.46 Å². The fourth-order valence-corrected chi connectivity index (χ4v) is 12.8. The summed E-state index contributed by atoms with van der Waals surface area (Å²) in [6.07, 6.45) is 18.2. The lowest BCUT2D eigenvalue weighted by Gasteiger charge is -2.34. The third kappa shape index (κ3) is 12.7. The van der Waals surface area contributed by atoms with E-state index in [1.807, 2.05) is 19.1 Å². The van der Waals surface area contributed by atoms with Gasteiger partial charge in [0.05, 0.1) is 41.1 Å². The number of esters is 1. The molecule has 8 heteroatoms. The maximum Gasteiger partial charge on any atom is 0.495 e. The lowest BCUT2D eigenvalue weighted by Crippen LogP contribution is -2.41. The average Bonchev–Trinajstić information content (AvgIpc) is 4.08. The van der Waals surface area contributed by atoms with Gasteiger partial charge in [0.15, 0.2) is 0 Å². The molecule has 0 atom stereocenters. The number of aromatic nitrogens is 1. The van der Waals surface area contributed by atoms with Crippen LogP contribution in [0.15, 0.2) is 91.1 Å².